The second-order valence-electron chi connectivity index (χ2n) is 9.21. The molecule has 0 amide bonds. The van der Waals surface area contributed by atoms with Gasteiger partial charge in [0.1, 0.15) is 0 Å². The fourth-order valence-corrected chi connectivity index (χ4v) is 4.37. The summed E-state index contributed by atoms with van der Waals surface area (Å²) in [6, 6.07) is 16.8. The van der Waals surface area contributed by atoms with E-state index in [1.165, 1.54) is 11.4 Å². The first-order valence-electron chi connectivity index (χ1n) is 13.0. The first-order valence-corrected chi connectivity index (χ1v) is 13.0. The van der Waals surface area contributed by atoms with Crippen molar-refractivity contribution < 1.29 is 14.6 Å². The lowest BCUT2D eigenvalue weighted by Crippen LogP contribution is -2.45. The number of nitrogens with zero attached hydrogens (tertiary/aromatic N) is 3. The van der Waals surface area contributed by atoms with Crippen molar-refractivity contribution >= 4 is 5.69 Å². The second-order valence-corrected chi connectivity index (χ2v) is 9.21. The number of rotatable bonds is 12. The maximum absolute atomic E-state index is 10.7. The van der Waals surface area contributed by atoms with Crippen LogP contribution >= 0.6 is 0 Å². The van der Waals surface area contributed by atoms with E-state index in [4.69, 9.17) is 9.47 Å². The van der Waals surface area contributed by atoms with Gasteiger partial charge in [-0.2, -0.15) is 0 Å². The van der Waals surface area contributed by atoms with Crippen LogP contribution in [0.2, 0.25) is 0 Å². The lowest BCUT2D eigenvalue weighted by atomic mass is 10.1. The quantitative estimate of drug-likeness (QED) is 0.331. The van der Waals surface area contributed by atoms with E-state index in [2.05, 4.69) is 64.9 Å². The van der Waals surface area contributed by atoms with Gasteiger partial charge in [-0.3, -0.25) is 4.90 Å². The van der Waals surface area contributed by atoms with Crippen LogP contribution in [0.15, 0.2) is 60.9 Å². The zero-order valence-corrected chi connectivity index (χ0v) is 21.2. The summed E-state index contributed by atoms with van der Waals surface area (Å²) >= 11 is 0. The Morgan fingerprint density at radius 2 is 1.31 bits per heavy atom. The van der Waals surface area contributed by atoms with Crippen molar-refractivity contribution in [1.29, 1.82) is 0 Å². The van der Waals surface area contributed by atoms with Crippen LogP contribution in [0.1, 0.15) is 45.1 Å². The van der Waals surface area contributed by atoms with Crippen LogP contribution in [0.5, 0.6) is 17.2 Å². The molecule has 0 aliphatic carbocycles. The summed E-state index contributed by atoms with van der Waals surface area (Å²) in [4.78, 5) is 4.91. The molecular weight excluding hydrogens is 438 g/mol. The van der Waals surface area contributed by atoms with Gasteiger partial charge in [-0.1, -0.05) is 26.7 Å². The van der Waals surface area contributed by atoms with Crippen molar-refractivity contribution in [2.24, 2.45) is 0 Å². The number of anilines is 1. The molecule has 0 unspecified atom stereocenters. The molecule has 6 heteroatoms. The largest absolute Gasteiger partial charge is 0.502 e. The highest BCUT2D eigenvalue weighted by Gasteiger charge is 2.20. The van der Waals surface area contributed by atoms with Gasteiger partial charge in [-0.15, -0.1) is 0 Å². The molecule has 0 spiro atoms. The van der Waals surface area contributed by atoms with Gasteiger partial charge < -0.3 is 24.0 Å². The zero-order valence-electron chi connectivity index (χ0n) is 21.2. The number of phenolic OH excluding ortho intramolecular Hbond substituents is 1. The number of hydrogen-bond acceptors (Lipinski definition) is 5. The average molecular weight is 478 g/mol. The summed E-state index contributed by atoms with van der Waals surface area (Å²) in [6.45, 7) is 10.2. The third-order valence-corrected chi connectivity index (χ3v) is 6.51. The number of piperazine rings is 1. The predicted molar refractivity (Wildman–Crippen MR) is 142 cm³/mol. The molecule has 0 saturated carbocycles. The molecule has 0 bridgehead atoms. The first kappa shape index (κ1) is 25.0. The normalized spacial score (nSPS) is 14.3. The van der Waals surface area contributed by atoms with Crippen molar-refractivity contribution in [1.82, 2.24) is 9.47 Å². The molecule has 35 heavy (non-hydrogen) atoms. The van der Waals surface area contributed by atoms with E-state index in [0.29, 0.717) is 24.7 Å². The first-order chi connectivity index (χ1) is 17.2. The Labute approximate surface area is 209 Å². The minimum atomic E-state index is 0.120. The maximum atomic E-state index is 10.7. The van der Waals surface area contributed by atoms with E-state index in [1.54, 1.807) is 0 Å². The van der Waals surface area contributed by atoms with Crippen molar-refractivity contribution in [2.45, 2.75) is 46.1 Å². The van der Waals surface area contributed by atoms with Crippen LogP contribution in [0.4, 0.5) is 5.69 Å². The van der Waals surface area contributed by atoms with Gasteiger partial charge in [-0.05, 0) is 66.9 Å². The standard InChI is InChI=1S/C29H39N3O3/c1-3-5-19-34-27-21-24(22-28(29(27)33)35-20-6-4-2)23-30-15-17-32(18-16-30)26-11-9-25(10-12-26)31-13-7-8-14-31/h7-14,21-22,33H,3-6,15-20,23H2,1-2H3. The Bertz CT molecular complexity index is 995. The molecule has 2 aromatic carbocycles. The number of unbranched alkanes of at least 4 members (excludes halogenated alkanes) is 2. The molecule has 1 saturated heterocycles. The fourth-order valence-electron chi connectivity index (χ4n) is 4.37. The van der Waals surface area contributed by atoms with Crippen molar-refractivity contribution in [3.8, 4) is 22.9 Å². The van der Waals surface area contributed by atoms with Gasteiger partial charge in [0.2, 0.25) is 5.75 Å². The van der Waals surface area contributed by atoms with Crippen LogP contribution in [0.25, 0.3) is 5.69 Å². The molecule has 1 aliphatic rings. The minimum Gasteiger partial charge on any atom is -0.502 e. The Balaban J connectivity index is 1.37. The molecule has 188 valence electrons. The number of hydrogen-bond donors (Lipinski definition) is 1. The lowest BCUT2D eigenvalue weighted by Gasteiger charge is -2.36. The molecule has 1 aromatic heterocycles. The molecule has 0 atom stereocenters. The van der Waals surface area contributed by atoms with Crippen molar-refractivity contribution in [2.75, 3.05) is 44.3 Å². The Kier molecular flexibility index (Phi) is 8.96. The second kappa shape index (κ2) is 12.5. The topological polar surface area (TPSA) is 50.1 Å². The monoisotopic (exact) mass is 477 g/mol. The maximum Gasteiger partial charge on any atom is 0.200 e. The van der Waals surface area contributed by atoms with Crippen LogP contribution in [-0.2, 0) is 6.54 Å². The predicted octanol–water partition coefficient (Wildman–Crippen LogP) is 5.86. The number of aromatic hydroxyl groups is 1. The van der Waals surface area contributed by atoms with Crippen molar-refractivity contribution in [3.05, 3.63) is 66.5 Å². The van der Waals surface area contributed by atoms with E-state index >= 15 is 0 Å². The number of phenols is 1. The molecular formula is C29H39N3O3. The number of benzene rings is 2. The molecule has 4 rings (SSSR count). The third kappa shape index (κ3) is 6.73. The smallest absolute Gasteiger partial charge is 0.200 e. The van der Waals surface area contributed by atoms with E-state index in [0.717, 1.165) is 64.0 Å². The van der Waals surface area contributed by atoms with Crippen LogP contribution in [-0.4, -0.2) is 54.0 Å². The molecule has 3 aromatic rings. The molecule has 6 nitrogen and oxygen atoms in total. The molecule has 1 aliphatic heterocycles. The van der Waals surface area contributed by atoms with E-state index in [9.17, 15) is 5.11 Å². The summed E-state index contributed by atoms with van der Waals surface area (Å²) in [6.07, 6.45) is 8.17. The van der Waals surface area contributed by atoms with Gasteiger partial charge in [0, 0.05) is 56.5 Å². The molecule has 2 heterocycles. The third-order valence-electron chi connectivity index (χ3n) is 6.51. The van der Waals surface area contributed by atoms with Crippen molar-refractivity contribution in [3.63, 3.8) is 0 Å². The van der Waals surface area contributed by atoms with E-state index in [-0.39, 0.29) is 5.75 Å². The summed E-state index contributed by atoms with van der Waals surface area (Å²) in [5, 5.41) is 10.7. The van der Waals surface area contributed by atoms with Crippen LogP contribution < -0.4 is 14.4 Å². The minimum absolute atomic E-state index is 0.120. The van der Waals surface area contributed by atoms with E-state index < -0.39 is 0 Å². The SMILES string of the molecule is CCCCOc1cc(CN2CCN(c3ccc(-n4cccc4)cc3)CC2)cc(OCCCC)c1O. The summed E-state index contributed by atoms with van der Waals surface area (Å²) in [7, 11) is 0. The zero-order chi connectivity index (χ0) is 24.5. The summed E-state index contributed by atoms with van der Waals surface area (Å²) in [5.74, 6) is 1.18. The Hall–Kier alpha value is -3.12. The van der Waals surface area contributed by atoms with Gasteiger partial charge in [0.25, 0.3) is 0 Å². The average Bonchev–Trinajstić information content (AvgIpc) is 3.42. The summed E-state index contributed by atoms with van der Waals surface area (Å²) in [5.41, 5.74) is 3.56. The highest BCUT2D eigenvalue weighted by Crippen LogP contribution is 2.38. The Morgan fingerprint density at radius 1 is 0.771 bits per heavy atom. The van der Waals surface area contributed by atoms with Crippen LogP contribution in [0, 0.1) is 0 Å². The molecule has 1 fully saturated rings. The van der Waals surface area contributed by atoms with Crippen LogP contribution in [0.3, 0.4) is 0 Å². The highest BCUT2D eigenvalue weighted by molar-refractivity contribution is 5.53. The fraction of sp³-hybridized carbons (Fsp3) is 0.448. The molecule has 1 N–H and O–H groups in total. The van der Waals surface area contributed by atoms with Gasteiger partial charge in [-0.25, -0.2) is 0 Å². The lowest BCUT2D eigenvalue weighted by molar-refractivity contribution is 0.245. The number of ether oxygens (including phenoxy) is 2. The van der Waals surface area contributed by atoms with Gasteiger partial charge >= 0.3 is 0 Å². The molecule has 0 radical (unpaired) electrons. The highest BCUT2D eigenvalue weighted by atomic mass is 16.5. The van der Waals surface area contributed by atoms with E-state index in [1.807, 2.05) is 24.3 Å². The van der Waals surface area contributed by atoms with Gasteiger partial charge in [0.15, 0.2) is 11.5 Å². The van der Waals surface area contributed by atoms with Gasteiger partial charge in [0.05, 0.1) is 13.2 Å². The Morgan fingerprint density at radius 3 is 1.86 bits per heavy atom. The summed E-state index contributed by atoms with van der Waals surface area (Å²) < 4.78 is 13.9. The number of aromatic nitrogens is 1.